The van der Waals surface area contributed by atoms with E-state index in [9.17, 15) is 19.8 Å². The van der Waals surface area contributed by atoms with Crippen LogP contribution in [0.15, 0.2) is 21.1 Å². The Labute approximate surface area is 107 Å². The van der Waals surface area contributed by atoms with Crippen LogP contribution in [0.3, 0.4) is 0 Å². The number of carbonyl (C=O) groups excluding carboxylic acids is 2. The number of phenolic OH excluding ortho intramolecular Hbond substituents is 2. The van der Waals surface area contributed by atoms with E-state index in [1.54, 1.807) is 0 Å². The number of carbonyl (C=O) groups is 2. The highest BCUT2D eigenvalue weighted by Gasteiger charge is 2.30. The van der Waals surface area contributed by atoms with Gasteiger partial charge in [0.15, 0.2) is 11.6 Å². The molecule has 16 heavy (non-hydrogen) atoms. The molecule has 0 fully saturated rings. The van der Waals surface area contributed by atoms with Crippen LogP contribution in [-0.4, -0.2) is 21.8 Å². The molecule has 2 N–H and O–H groups in total. The van der Waals surface area contributed by atoms with E-state index in [1.165, 1.54) is 0 Å². The summed E-state index contributed by atoms with van der Waals surface area (Å²) in [5.74, 6) is -1.75. The Hall–Kier alpha value is -1.14. The summed E-state index contributed by atoms with van der Waals surface area (Å²) in [6.45, 7) is 0. The summed E-state index contributed by atoms with van der Waals surface area (Å²) in [5.41, 5.74) is -0.361. The zero-order chi connectivity index (χ0) is 12.0. The van der Waals surface area contributed by atoms with Gasteiger partial charge in [-0.1, -0.05) is 0 Å². The van der Waals surface area contributed by atoms with Crippen molar-refractivity contribution in [3.8, 4) is 11.5 Å². The zero-order valence-corrected chi connectivity index (χ0v) is 10.8. The van der Waals surface area contributed by atoms with E-state index in [0.717, 1.165) is 12.2 Å². The second-order valence-corrected chi connectivity index (χ2v) is 4.72. The summed E-state index contributed by atoms with van der Waals surface area (Å²) >= 11 is 6.02. The molecule has 0 aromatic heterocycles. The summed E-state index contributed by atoms with van der Waals surface area (Å²) in [7, 11) is 0. The van der Waals surface area contributed by atoms with Gasteiger partial charge in [-0.05, 0) is 44.0 Å². The van der Waals surface area contributed by atoms with Crippen LogP contribution in [-0.2, 0) is 0 Å². The van der Waals surface area contributed by atoms with Gasteiger partial charge >= 0.3 is 0 Å². The Morgan fingerprint density at radius 3 is 1.44 bits per heavy atom. The largest absolute Gasteiger partial charge is 0.506 e. The van der Waals surface area contributed by atoms with E-state index in [1.807, 2.05) is 0 Å². The summed E-state index contributed by atoms with van der Waals surface area (Å²) in [6, 6.07) is 0. The monoisotopic (exact) mass is 346 g/mol. The van der Waals surface area contributed by atoms with Gasteiger partial charge in [-0.25, -0.2) is 0 Å². The lowest BCUT2D eigenvalue weighted by molar-refractivity contribution is 0.0989. The molecule has 0 atom stereocenters. The number of benzene rings is 1. The third-order valence-electron chi connectivity index (χ3n) is 2.21. The van der Waals surface area contributed by atoms with Gasteiger partial charge < -0.3 is 10.2 Å². The quantitative estimate of drug-likeness (QED) is 0.707. The third kappa shape index (κ3) is 1.41. The van der Waals surface area contributed by atoms with Crippen molar-refractivity contribution >= 4 is 43.4 Å². The normalized spacial score (nSPS) is 14.1. The predicted octanol–water partition coefficient (Wildman–Crippen LogP) is 2.56. The average Bonchev–Trinajstić information content (AvgIpc) is 2.26. The van der Waals surface area contributed by atoms with E-state index >= 15 is 0 Å². The van der Waals surface area contributed by atoms with E-state index in [0.29, 0.717) is 0 Å². The Morgan fingerprint density at radius 1 is 0.812 bits per heavy atom. The predicted molar refractivity (Wildman–Crippen MR) is 63.0 cm³/mol. The zero-order valence-electron chi connectivity index (χ0n) is 7.62. The molecule has 0 saturated carbocycles. The van der Waals surface area contributed by atoms with Gasteiger partial charge in [0, 0.05) is 0 Å². The van der Waals surface area contributed by atoms with E-state index in [4.69, 9.17) is 0 Å². The van der Waals surface area contributed by atoms with Gasteiger partial charge in [-0.15, -0.1) is 0 Å². The molecule has 1 aromatic carbocycles. The third-order valence-corrected chi connectivity index (χ3v) is 4.29. The van der Waals surface area contributed by atoms with Crippen molar-refractivity contribution in [2.75, 3.05) is 0 Å². The maximum absolute atomic E-state index is 11.5. The Kier molecular flexibility index (Phi) is 2.63. The molecule has 82 valence electrons. The van der Waals surface area contributed by atoms with Crippen molar-refractivity contribution in [1.82, 2.24) is 0 Å². The minimum absolute atomic E-state index is 0.139. The minimum Gasteiger partial charge on any atom is -0.506 e. The standard InChI is InChI=1S/C10H4Br2O4/c11-7-8(12)10(16)6-4(14)2-1-3(13)5(6)9(7)15/h1-2,15-16H. The molecule has 0 aliphatic heterocycles. The number of aromatic hydroxyl groups is 2. The van der Waals surface area contributed by atoms with E-state index in [-0.39, 0.29) is 31.6 Å². The number of phenols is 2. The summed E-state index contributed by atoms with van der Waals surface area (Å²) < 4.78 is 0.278. The fourth-order valence-corrected chi connectivity index (χ4v) is 2.23. The highest BCUT2D eigenvalue weighted by Crippen LogP contribution is 2.45. The fourth-order valence-electron chi connectivity index (χ4n) is 1.46. The Bertz CT molecular complexity index is 512. The van der Waals surface area contributed by atoms with Crippen LogP contribution in [0.1, 0.15) is 20.7 Å². The number of hydrogen-bond donors (Lipinski definition) is 2. The number of ketones is 2. The van der Waals surface area contributed by atoms with Crippen LogP contribution >= 0.6 is 31.9 Å². The first-order valence-electron chi connectivity index (χ1n) is 4.14. The molecule has 0 spiro atoms. The molecule has 1 aromatic rings. The lowest BCUT2D eigenvalue weighted by Gasteiger charge is -2.15. The first kappa shape index (κ1) is 11.3. The number of halogens is 2. The lowest BCUT2D eigenvalue weighted by atomic mass is 9.93. The molecular formula is C10H4Br2O4. The van der Waals surface area contributed by atoms with Gasteiger partial charge in [-0.3, -0.25) is 9.59 Å². The minimum atomic E-state index is -0.518. The molecular weight excluding hydrogens is 344 g/mol. The Morgan fingerprint density at radius 2 is 1.12 bits per heavy atom. The SMILES string of the molecule is O=C1C=CC(=O)c2c(O)c(Br)c(Br)c(O)c21. The van der Waals surface area contributed by atoms with Crippen LogP contribution in [0.25, 0.3) is 0 Å². The summed E-state index contributed by atoms with van der Waals surface area (Å²) in [5, 5.41) is 19.5. The van der Waals surface area contributed by atoms with Crippen molar-refractivity contribution < 1.29 is 19.8 Å². The smallest absolute Gasteiger partial charge is 0.190 e. The topological polar surface area (TPSA) is 74.6 Å². The molecule has 0 heterocycles. The Balaban J connectivity index is 2.94. The molecule has 6 heteroatoms. The lowest BCUT2D eigenvalue weighted by Crippen LogP contribution is -2.12. The van der Waals surface area contributed by atoms with Crippen molar-refractivity contribution in [2.24, 2.45) is 0 Å². The molecule has 2 rings (SSSR count). The van der Waals surface area contributed by atoms with Gasteiger partial charge in [0.1, 0.15) is 11.5 Å². The van der Waals surface area contributed by atoms with Gasteiger partial charge in [0.05, 0.1) is 20.1 Å². The molecule has 1 aliphatic rings. The number of rotatable bonds is 0. The maximum Gasteiger partial charge on any atom is 0.190 e. The molecule has 4 nitrogen and oxygen atoms in total. The highest BCUT2D eigenvalue weighted by molar-refractivity contribution is 9.13. The average molecular weight is 348 g/mol. The second kappa shape index (κ2) is 3.71. The van der Waals surface area contributed by atoms with Crippen LogP contribution in [0.5, 0.6) is 11.5 Å². The fraction of sp³-hybridized carbons (Fsp3) is 0. The second-order valence-electron chi connectivity index (χ2n) is 3.14. The van der Waals surface area contributed by atoms with Crippen molar-refractivity contribution in [1.29, 1.82) is 0 Å². The van der Waals surface area contributed by atoms with Crippen molar-refractivity contribution in [3.63, 3.8) is 0 Å². The molecule has 0 radical (unpaired) electrons. The first-order chi connectivity index (χ1) is 7.45. The molecule has 0 bridgehead atoms. The number of fused-ring (bicyclic) bond motifs is 1. The molecule has 1 aliphatic carbocycles. The van der Waals surface area contributed by atoms with Gasteiger partial charge in [-0.2, -0.15) is 0 Å². The molecule has 0 amide bonds. The van der Waals surface area contributed by atoms with Crippen molar-refractivity contribution in [3.05, 3.63) is 32.2 Å². The molecule has 0 unspecified atom stereocenters. The number of hydrogen-bond acceptors (Lipinski definition) is 4. The highest BCUT2D eigenvalue weighted by atomic mass is 79.9. The van der Waals surface area contributed by atoms with Crippen LogP contribution < -0.4 is 0 Å². The van der Waals surface area contributed by atoms with Crippen LogP contribution in [0, 0.1) is 0 Å². The van der Waals surface area contributed by atoms with E-state index < -0.39 is 11.6 Å². The van der Waals surface area contributed by atoms with Crippen molar-refractivity contribution in [2.45, 2.75) is 0 Å². The first-order valence-corrected chi connectivity index (χ1v) is 5.73. The number of allylic oxidation sites excluding steroid dienone is 2. The van der Waals surface area contributed by atoms with Gasteiger partial charge in [0.2, 0.25) is 0 Å². The molecule has 0 saturated heterocycles. The maximum atomic E-state index is 11.5. The van der Waals surface area contributed by atoms with Crippen LogP contribution in [0.4, 0.5) is 0 Å². The van der Waals surface area contributed by atoms with Gasteiger partial charge in [0.25, 0.3) is 0 Å². The van der Waals surface area contributed by atoms with E-state index in [2.05, 4.69) is 31.9 Å². The van der Waals surface area contributed by atoms with Crippen LogP contribution in [0.2, 0.25) is 0 Å². The summed E-state index contributed by atoms with van der Waals surface area (Å²) in [6.07, 6.45) is 2.12. The summed E-state index contributed by atoms with van der Waals surface area (Å²) in [4.78, 5) is 23.0.